The Kier molecular flexibility index (Phi) is 3.37. The Hall–Kier alpha value is -0.780. The number of fused-ring (bicyclic) bond motifs is 1. The van der Waals surface area contributed by atoms with Gasteiger partial charge in [0.15, 0.2) is 0 Å². The summed E-state index contributed by atoms with van der Waals surface area (Å²) in [5.41, 5.74) is 9.07. The third-order valence-corrected chi connectivity index (χ3v) is 3.81. The highest BCUT2D eigenvalue weighted by atomic mass is 127. The van der Waals surface area contributed by atoms with E-state index in [1.807, 2.05) is 13.0 Å². The first kappa shape index (κ1) is 11.7. The van der Waals surface area contributed by atoms with Gasteiger partial charge in [-0.2, -0.15) is 0 Å². The van der Waals surface area contributed by atoms with Gasteiger partial charge in [0, 0.05) is 9.26 Å². The highest BCUT2D eigenvalue weighted by Gasteiger charge is 2.28. The number of esters is 1. The average molecular weight is 331 g/mol. The van der Waals surface area contributed by atoms with Gasteiger partial charge in [0.1, 0.15) is 0 Å². The molecule has 0 bridgehead atoms. The molecule has 0 spiro atoms. The SMILES string of the molecule is CCOC(=O)C1Cc2cc(N)c(I)cc2C1. The molecule has 1 aromatic rings. The first-order valence-electron chi connectivity index (χ1n) is 5.35. The minimum absolute atomic E-state index is 0.0208. The van der Waals surface area contributed by atoms with Crippen LogP contribution in [0.25, 0.3) is 0 Å². The molecule has 0 fully saturated rings. The highest BCUT2D eigenvalue weighted by molar-refractivity contribution is 14.1. The maximum absolute atomic E-state index is 11.6. The lowest BCUT2D eigenvalue weighted by atomic mass is 10.1. The second-order valence-electron chi connectivity index (χ2n) is 4.00. The molecule has 2 N–H and O–H groups in total. The van der Waals surface area contributed by atoms with Gasteiger partial charge < -0.3 is 10.5 Å². The first-order valence-corrected chi connectivity index (χ1v) is 6.43. The smallest absolute Gasteiger partial charge is 0.309 e. The number of nitrogen functional groups attached to an aromatic ring is 1. The van der Waals surface area contributed by atoms with Gasteiger partial charge >= 0.3 is 5.97 Å². The van der Waals surface area contributed by atoms with Crippen LogP contribution in [0.1, 0.15) is 18.1 Å². The minimum Gasteiger partial charge on any atom is -0.466 e. The zero-order valence-corrected chi connectivity index (χ0v) is 11.3. The number of ether oxygens (including phenoxy) is 1. The lowest BCUT2D eigenvalue weighted by Crippen LogP contribution is -2.17. The molecule has 0 heterocycles. The Labute approximate surface area is 108 Å². The summed E-state index contributed by atoms with van der Waals surface area (Å²) in [5.74, 6) is -0.111. The van der Waals surface area contributed by atoms with E-state index in [0.717, 1.165) is 22.1 Å². The summed E-state index contributed by atoms with van der Waals surface area (Å²) in [6.45, 7) is 2.28. The van der Waals surface area contributed by atoms with Crippen molar-refractivity contribution in [2.24, 2.45) is 5.92 Å². The lowest BCUT2D eigenvalue weighted by molar-refractivity contribution is -0.147. The van der Waals surface area contributed by atoms with Crippen LogP contribution in [0, 0.1) is 9.49 Å². The predicted molar refractivity (Wildman–Crippen MR) is 71.1 cm³/mol. The molecule has 0 amide bonds. The summed E-state index contributed by atoms with van der Waals surface area (Å²) < 4.78 is 6.10. The van der Waals surface area contributed by atoms with Crippen LogP contribution in [-0.4, -0.2) is 12.6 Å². The van der Waals surface area contributed by atoms with E-state index in [9.17, 15) is 4.79 Å². The molecular formula is C12H14INO2. The van der Waals surface area contributed by atoms with Crippen molar-refractivity contribution in [2.75, 3.05) is 12.3 Å². The van der Waals surface area contributed by atoms with Crippen LogP contribution in [0.15, 0.2) is 12.1 Å². The van der Waals surface area contributed by atoms with Gasteiger partial charge in [-0.1, -0.05) is 0 Å². The number of halogens is 1. The van der Waals surface area contributed by atoms with E-state index in [1.54, 1.807) is 0 Å². The van der Waals surface area contributed by atoms with Crippen molar-refractivity contribution in [1.82, 2.24) is 0 Å². The minimum atomic E-state index is -0.0905. The lowest BCUT2D eigenvalue weighted by Gasteiger charge is -2.06. The zero-order chi connectivity index (χ0) is 11.7. The second-order valence-corrected chi connectivity index (χ2v) is 5.16. The van der Waals surface area contributed by atoms with E-state index < -0.39 is 0 Å². The maximum atomic E-state index is 11.6. The van der Waals surface area contributed by atoms with E-state index in [-0.39, 0.29) is 11.9 Å². The molecule has 0 aliphatic heterocycles. The molecule has 1 aliphatic carbocycles. The third kappa shape index (κ3) is 2.16. The van der Waals surface area contributed by atoms with Crippen LogP contribution in [0.5, 0.6) is 0 Å². The molecule has 16 heavy (non-hydrogen) atoms. The van der Waals surface area contributed by atoms with Gasteiger partial charge in [0.2, 0.25) is 0 Å². The molecule has 1 unspecified atom stereocenters. The Balaban J connectivity index is 2.18. The van der Waals surface area contributed by atoms with Crippen molar-refractivity contribution in [3.8, 4) is 0 Å². The molecule has 0 aromatic heterocycles. The Bertz CT molecular complexity index is 400. The fraction of sp³-hybridized carbons (Fsp3) is 0.417. The Morgan fingerprint density at radius 2 is 2.12 bits per heavy atom. The fourth-order valence-corrected chi connectivity index (χ4v) is 2.62. The molecule has 2 rings (SSSR count). The van der Waals surface area contributed by atoms with E-state index in [0.29, 0.717) is 6.61 Å². The summed E-state index contributed by atoms with van der Waals surface area (Å²) in [5, 5.41) is 0. The third-order valence-electron chi connectivity index (χ3n) is 2.87. The van der Waals surface area contributed by atoms with Crippen molar-refractivity contribution in [3.05, 3.63) is 26.8 Å². The van der Waals surface area contributed by atoms with Crippen LogP contribution < -0.4 is 5.73 Å². The topological polar surface area (TPSA) is 52.3 Å². The van der Waals surface area contributed by atoms with Crippen molar-refractivity contribution in [2.45, 2.75) is 19.8 Å². The van der Waals surface area contributed by atoms with Crippen molar-refractivity contribution in [3.63, 3.8) is 0 Å². The molecule has 4 heteroatoms. The number of anilines is 1. The number of carbonyl (C=O) groups excluding carboxylic acids is 1. The standard InChI is InChI=1S/C12H14INO2/c1-2-16-12(15)9-3-7-5-10(13)11(14)6-8(7)4-9/h5-6,9H,2-4,14H2,1H3. The fourth-order valence-electron chi connectivity index (χ4n) is 2.09. The van der Waals surface area contributed by atoms with Gasteiger partial charge in [-0.25, -0.2) is 0 Å². The summed E-state index contributed by atoms with van der Waals surface area (Å²) in [6.07, 6.45) is 1.54. The number of rotatable bonds is 2. The molecule has 3 nitrogen and oxygen atoms in total. The summed E-state index contributed by atoms with van der Waals surface area (Å²) in [4.78, 5) is 11.6. The van der Waals surface area contributed by atoms with Crippen molar-refractivity contribution in [1.29, 1.82) is 0 Å². The van der Waals surface area contributed by atoms with Gasteiger partial charge in [-0.05, 0) is 65.6 Å². The average Bonchev–Trinajstić information content (AvgIpc) is 2.62. The molecule has 1 atom stereocenters. The number of nitrogens with two attached hydrogens (primary N) is 1. The number of hydrogen-bond acceptors (Lipinski definition) is 3. The summed E-state index contributed by atoms with van der Waals surface area (Å²) in [7, 11) is 0. The van der Waals surface area contributed by atoms with E-state index in [1.165, 1.54) is 11.1 Å². The van der Waals surface area contributed by atoms with Crippen LogP contribution >= 0.6 is 22.6 Å². The monoisotopic (exact) mass is 331 g/mol. The molecule has 1 aliphatic rings. The number of benzene rings is 1. The van der Waals surface area contributed by atoms with Crippen LogP contribution in [0.2, 0.25) is 0 Å². The molecule has 86 valence electrons. The van der Waals surface area contributed by atoms with E-state index in [4.69, 9.17) is 10.5 Å². The second kappa shape index (κ2) is 4.61. The van der Waals surface area contributed by atoms with Gasteiger partial charge in [-0.15, -0.1) is 0 Å². The largest absolute Gasteiger partial charge is 0.466 e. The van der Waals surface area contributed by atoms with E-state index in [2.05, 4.69) is 28.7 Å². The van der Waals surface area contributed by atoms with Gasteiger partial charge in [0.25, 0.3) is 0 Å². The number of hydrogen-bond donors (Lipinski definition) is 1. The van der Waals surface area contributed by atoms with Crippen LogP contribution in [-0.2, 0) is 22.4 Å². The zero-order valence-electron chi connectivity index (χ0n) is 9.13. The Morgan fingerprint density at radius 1 is 1.50 bits per heavy atom. The summed E-state index contributed by atoms with van der Waals surface area (Å²) in [6, 6.07) is 4.06. The van der Waals surface area contributed by atoms with Gasteiger partial charge in [-0.3, -0.25) is 4.79 Å². The molecule has 0 radical (unpaired) electrons. The molecule has 1 aromatic carbocycles. The Morgan fingerprint density at radius 3 is 2.75 bits per heavy atom. The molecule has 0 saturated heterocycles. The normalized spacial score (nSPS) is 18.2. The van der Waals surface area contributed by atoms with Gasteiger partial charge in [0.05, 0.1) is 12.5 Å². The quantitative estimate of drug-likeness (QED) is 0.513. The first-order chi connectivity index (χ1) is 7.61. The number of carbonyl (C=O) groups is 1. The van der Waals surface area contributed by atoms with E-state index >= 15 is 0 Å². The molecule has 0 saturated carbocycles. The van der Waals surface area contributed by atoms with Crippen LogP contribution in [0.4, 0.5) is 5.69 Å². The van der Waals surface area contributed by atoms with Crippen LogP contribution in [0.3, 0.4) is 0 Å². The predicted octanol–water partition coefficient (Wildman–Crippen LogP) is 2.15. The van der Waals surface area contributed by atoms with Crippen molar-refractivity contribution < 1.29 is 9.53 Å². The maximum Gasteiger partial charge on any atom is 0.309 e. The summed E-state index contributed by atoms with van der Waals surface area (Å²) >= 11 is 2.22. The highest BCUT2D eigenvalue weighted by Crippen LogP contribution is 2.31. The molecular weight excluding hydrogens is 317 g/mol. The van der Waals surface area contributed by atoms with Crippen molar-refractivity contribution >= 4 is 34.2 Å².